The minimum atomic E-state index is -0.715. The van der Waals surface area contributed by atoms with E-state index in [1.807, 2.05) is 0 Å². The normalized spacial score (nSPS) is 10.7. The van der Waals surface area contributed by atoms with Crippen molar-refractivity contribution in [3.63, 3.8) is 0 Å². The Balaban J connectivity index is 1.59. The van der Waals surface area contributed by atoms with E-state index in [-0.39, 0.29) is 23.6 Å². The number of carbonyl (C=O) groups excluding carboxylic acids is 2. The summed E-state index contributed by atoms with van der Waals surface area (Å²) in [6, 6.07) is 18.2. The second-order valence-electron chi connectivity index (χ2n) is 6.97. The maximum absolute atomic E-state index is 12.4. The van der Waals surface area contributed by atoms with E-state index >= 15 is 0 Å². The average molecular weight is 511 g/mol. The van der Waals surface area contributed by atoms with Crippen molar-refractivity contribution in [3.8, 4) is 11.8 Å². The van der Waals surface area contributed by atoms with Crippen molar-refractivity contribution in [2.45, 2.75) is 0 Å². The van der Waals surface area contributed by atoms with Gasteiger partial charge < -0.3 is 15.4 Å². The monoisotopic (exact) mass is 510 g/mol. The number of nitro groups is 1. The molecule has 0 aliphatic rings. The third-order valence-corrected chi connectivity index (χ3v) is 5.18. The van der Waals surface area contributed by atoms with Crippen LogP contribution in [0.15, 0.2) is 72.3 Å². The van der Waals surface area contributed by atoms with Crippen LogP contribution in [0.25, 0.3) is 6.08 Å². The number of nitrogens with zero attached hydrogens (tertiary/aromatic N) is 2. The van der Waals surface area contributed by atoms with E-state index in [1.165, 1.54) is 36.4 Å². The summed E-state index contributed by atoms with van der Waals surface area (Å²) < 4.78 is 5.45. The minimum Gasteiger partial charge on any atom is -0.484 e. The first-order valence-corrected chi connectivity index (χ1v) is 10.7. The van der Waals surface area contributed by atoms with Crippen LogP contribution >= 0.6 is 23.2 Å². The van der Waals surface area contributed by atoms with Crippen molar-refractivity contribution in [3.05, 3.63) is 98.0 Å². The Morgan fingerprint density at radius 3 is 2.37 bits per heavy atom. The summed E-state index contributed by atoms with van der Waals surface area (Å²) in [6.07, 6.45) is 1.35. The molecule has 3 rings (SSSR count). The van der Waals surface area contributed by atoms with E-state index in [9.17, 15) is 25.0 Å². The molecule has 0 aromatic heterocycles. The van der Waals surface area contributed by atoms with Crippen molar-refractivity contribution in [1.82, 2.24) is 0 Å². The molecule has 2 amide bonds. The maximum Gasteiger partial charge on any atom is 0.271 e. The summed E-state index contributed by atoms with van der Waals surface area (Å²) in [5, 5.41) is 26.0. The smallest absolute Gasteiger partial charge is 0.271 e. The quantitative estimate of drug-likeness (QED) is 0.178. The third kappa shape index (κ3) is 7.30. The molecule has 0 bridgehead atoms. The van der Waals surface area contributed by atoms with Gasteiger partial charge in [-0.05, 0) is 48.0 Å². The molecule has 11 heteroatoms. The van der Waals surface area contributed by atoms with Crippen LogP contribution in [0.1, 0.15) is 5.56 Å². The fourth-order valence-corrected chi connectivity index (χ4v) is 3.09. The molecule has 0 heterocycles. The van der Waals surface area contributed by atoms with Gasteiger partial charge in [0, 0.05) is 23.5 Å². The Morgan fingerprint density at radius 2 is 1.71 bits per heavy atom. The van der Waals surface area contributed by atoms with Gasteiger partial charge in [-0.25, -0.2) is 0 Å². The second kappa shape index (κ2) is 11.7. The first-order chi connectivity index (χ1) is 16.7. The zero-order valence-electron chi connectivity index (χ0n) is 17.8. The molecular weight excluding hydrogens is 495 g/mol. The number of ether oxygens (including phenoxy) is 1. The van der Waals surface area contributed by atoms with Crippen LogP contribution in [0.2, 0.25) is 10.0 Å². The fraction of sp³-hybridized carbons (Fsp3) is 0.0417. The maximum atomic E-state index is 12.4. The molecule has 0 aliphatic heterocycles. The van der Waals surface area contributed by atoms with E-state index in [1.54, 1.807) is 42.5 Å². The molecule has 0 spiro atoms. The number of hydrogen-bond donors (Lipinski definition) is 2. The Morgan fingerprint density at radius 1 is 1.00 bits per heavy atom. The SMILES string of the molecule is N#C/C(=C/c1ccc(OCC(=O)Nc2ccc(Cl)c(Cl)c2)cc1)C(=O)Nc1cccc([N+](=O)[O-])c1. The Kier molecular flexibility index (Phi) is 8.40. The largest absolute Gasteiger partial charge is 0.484 e. The van der Waals surface area contributed by atoms with Crippen molar-refractivity contribution < 1.29 is 19.2 Å². The Hall–Kier alpha value is -4.39. The predicted molar refractivity (Wildman–Crippen MR) is 132 cm³/mol. The van der Waals surface area contributed by atoms with Gasteiger partial charge in [-0.3, -0.25) is 19.7 Å². The molecule has 0 radical (unpaired) electrons. The summed E-state index contributed by atoms with van der Waals surface area (Å²) in [5.74, 6) is -0.727. The molecule has 2 N–H and O–H groups in total. The molecule has 0 fully saturated rings. The summed E-state index contributed by atoms with van der Waals surface area (Å²) in [5.41, 5.74) is 0.801. The summed E-state index contributed by atoms with van der Waals surface area (Å²) in [4.78, 5) is 34.8. The van der Waals surface area contributed by atoms with Crippen molar-refractivity contribution in [2.24, 2.45) is 0 Å². The molecular formula is C24H16Cl2N4O5. The Bertz CT molecular complexity index is 1350. The molecule has 0 atom stereocenters. The molecule has 0 saturated heterocycles. The van der Waals surface area contributed by atoms with Gasteiger partial charge in [0.15, 0.2) is 6.61 Å². The predicted octanol–water partition coefficient (Wildman–Crippen LogP) is 5.46. The van der Waals surface area contributed by atoms with Crippen LogP contribution in [0.3, 0.4) is 0 Å². The Labute approximate surface area is 209 Å². The fourth-order valence-electron chi connectivity index (χ4n) is 2.79. The van der Waals surface area contributed by atoms with Gasteiger partial charge in [0.05, 0.1) is 15.0 Å². The van der Waals surface area contributed by atoms with E-state index in [0.717, 1.165) is 0 Å². The minimum absolute atomic E-state index is 0.188. The van der Waals surface area contributed by atoms with Gasteiger partial charge >= 0.3 is 0 Å². The molecule has 9 nitrogen and oxygen atoms in total. The number of benzene rings is 3. The van der Waals surface area contributed by atoms with Crippen LogP contribution in [-0.2, 0) is 9.59 Å². The van der Waals surface area contributed by atoms with Crippen LogP contribution in [0.4, 0.5) is 17.1 Å². The number of carbonyl (C=O) groups is 2. The van der Waals surface area contributed by atoms with Gasteiger partial charge in [0.1, 0.15) is 17.4 Å². The summed E-state index contributed by atoms with van der Waals surface area (Å²) in [7, 11) is 0. The number of nitrogens with one attached hydrogen (secondary N) is 2. The number of rotatable bonds is 8. The summed E-state index contributed by atoms with van der Waals surface area (Å²) >= 11 is 11.8. The molecule has 0 saturated carbocycles. The highest BCUT2D eigenvalue weighted by atomic mass is 35.5. The van der Waals surface area contributed by atoms with Crippen LogP contribution in [0.5, 0.6) is 5.75 Å². The van der Waals surface area contributed by atoms with E-state index in [0.29, 0.717) is 27.0 Å². The van der Waals surface area contributed by atoms with E-state index in [2.05, 4.69) is 10.6 Å². The topological polar surface area (TPSA) is 134 Å². The number of nitro benzene ring substituents is 1. The first kappa shape index (κ1) is 25.2. The zero-order valence-corrected chi connectivity index (χ0v) is 19.3. The lowest BCUT2D eigenvalue weighted by atomic mass is 10.1. The zero-order chi connectivity index (χ0) is 25.4. The molecule has 3 aromatic carbocycles. The van der Waals surface area contributed by atoms with Gasteiger partial charge in [0.2, 0.25) is 0 Å². The van der Waals surface area contributed by atoms with Gasteiger partial charge in [-0.1, -0.05) is 41.4 Å². The lowest BCUT2D eigenvalue weighted by Crippen LogP contribution is -2.20. The van der Waals surface area contributed by atoms with Crippen molar-refractivity contribution >= 4 is 58.2 Å². The van der Waals surface area contributed by atoms with E-state index in [4.69, 9.17) is 27.9 Å². The highest BCUT2D eigenvalue weighted by Crippen LogP contribution is 2.25. The number of nitriles is 1. The molecule has 3 aromatic rings. The van der Waals surface area contributed by atoms with Crippen LogP contribution in [-0.4, -0.2) is 23.3 Å². The summed E-state index contributed by atoms with van der Waals surface area (Å²) in [6.45, 7) is -0.259. The molecule has 0 aliphatic carbocycles. The van der Waals surface area contributed by atoms with E-state index < -0.39 is 16.7 Å². The molecule has 0 unspecified atom stereocenters. The highest BCUT2D eigenvalue weighted by molar-refractivity contribution is 6.42. The lowest BCUT2D eigenvalue weighted by molar-refractivity contribution is -0.384. The van der Waals surface area contributed by atoms with Crippen molar-refractivity contribution in [1.29, 1.82) is 5.26 Å². The first-order valence-electron chi connectivity index (χ1n) is 9.90. The standard InChI is InChI=1S/C24H16Cl2N4O5/c25-21-9-6-18(12-22(21)26)28-23(31)14-35-20-7-4-15(5-8-20)10-16(13-27)24(32)29-17-2-1-3-19(11-17)30(33)34/h1-12H,14H2,(H,28,31)(H,29,32)/b16-10-. The highest BCUT2D eigenvalue weighted by Gasteiger charge is 2.12. The van der Waals surface area contributed by atoms with Gasteiger partial charge in [0.25, 0.3) is 17.5 Å². The van der Waals surface area contributed by atoms with Gasteiger partial charge in [-0.2, -0.15) is 5.26 Å². The number of non-ortho nitro benzene ring substituents is 1. The number of hydrogen-bond acceptors (Lipinski definition) is 6. The third-order valence-electron chi connectivity index (χ3n) is 4.44. The average Bonchev–Trinajstić information content (AvgIpc) is 2.84. The number of anilines is 2. The second-order valence-corrected chi connectivity index (χ2v) is 7.78. The van der Waals surface area contributed by atoms with Crippen LogP contribution < -0.4 is 15.4 Å². The lowest BCUT2D eigenvalue weighted by Gasteiger charge is -2.08. The molecule has 35 heavy (non-hydrogen) atoms. The number of amides is 2. The van der Waals surface area contributed by atoms with Crippen molar-refractivity contribution in [2.75, 3.05) is 17.2 Å². The van der Waals surface area contributed by atoms with Crippen LogP contribution in [0, 0.1) is 21.4 Å². The van der Waals surface area contributed by atoms with Gasteiger partial charge in [-0.15, -0.1) is 0 Å². The number of halogens is 2. The molecule has 176 valence electrons.